The Hall–Kier alpha value is -3.44. The van der Waals surface area contributed by atoms with Crippen LogP contribution in [0, 0.1) is 29.7 Å². The summed E-state index contributed by atoms with van der Waals surface area (Å²) in [5, 5.41) is 12.7. The molecule has 3 aromatic heterocycles. The van der Waals surface area contributed by atoms with Crippen molar-refractivity contribution in [1.29, 1.82) is 0 Å². The summed E-state index contributed by atoms with van der Waals surface area (Å²) < 4.78 is 1.37. The molecular formula is C52H67IrN2O2S-. The van der Waals surface area contributed by atoms with E-state index in [2.05, 4.69) is 111 Å². The molecular weight excluding hydrogens is 909 g/mol. The Morgan fingerprint density at radius 3 is 2.14 bits per heavy atom. The molecule has 0 amide bonds. The molecule has 1 radical (unpaired) electrons. The van der Waals surface area contributed by atoms with Gasteiger partial charge >= 0.3 is 0 Å². The molecule has 0 saturated carbocycles. The number of carbonyl (C=O) groups excluding carboxylic acids is 1. The predicted molar refractivity (Wildman–Crippen MR) is 246 cm³/mol. The number of aryl methyl sites for hydroxylation is 1. The first-order valence-corrected chi connectivity index (χ1v) is 22.0. The number of aliphatic hydroxyl groups is 1. The molecule has 0 fully saturated rings. The number of rotatable bonds is 11. The van der Waals surface area contributed by atoms with Crippen LogP contribution in [0.2, 0.25) is 0 Å². The van der Waals surface area contributed by atoms with E-state index in [1.807, 2.05) is 65.1 Å². The Morgan fingerprint density at radius 1 is 0.914 bits per heavy atom. The minimum atomic E-state index is -0.337. The fourth-order valence-electron chi connectivity index (χ4n) is 8.02. The van der Waals surface area contributed by atoms with E-state index in [4.69, 9.17) is 9.97 Å². The normalized spacial score (nSPS) is 14.3. The van der Waals surface area contributed by atoms with Crippen LogP contribution in [-0.4, -0.2) is 20.9 Å². The summed E-state index contributed by atoms with van der Waals surface area (Å²) in [6, 6.07) is 19.4. The average molecular weight is 976 g/mol. The van der Waals surface area contributed by atoms with Gasteiger partial charge in [-0.25, -0.2) is 0 Å². The third-order valence-electron chi connectivity index (χ3n) is 12.9. The number of hydrogen-bond donors (Lipinski definition) is 1. The Bertz CT molecular complexity index is 2340. The molecule has 5 aromatic rings. The van der Waals surface area contributed by atoms with Gasteiger partial charge in [0, 0.05) is 69.5 Å². The molecule has 6 heteroatoms. The zero-order valence-corrected chi connectivity index (χ0v) is 41.1. The molecule has 58 heavy (non-hydrogen) atoms. The van der Waals surface area contributed by atoms with Crippen molar-refractivity contribution >= 4 is 43.7 Å². The summed E-state index contributed by atoms with van der Waals surface area (Å²) in [5.74, 6) is 0.937. The molecule has 0 spiro atoms. The largest absolute Gasteiger partial charge is 0.512 e. The zero-order valence-electron chi connectivity index (χ0n) is 37.9. The van der Waals surface area contributed by atoms with Gasteiger partial charge in [0.1, 0.15) is 5.76 Å². The van der Waals surface area contributed by atoms with Crippen LogP contribution in [0.1, 0.15) is 150 Å². The molecule has 1 aliphatic carbocycles. The Morgan fingerprint density at radius 2 is 1.55 bits per heavy atom. The second-order valence-corrected chi connectivity index (χ2v) is 20.1. The van der Waals surface area contributed by atoms with Crippen LogP contribution in [0.4, 0.5) is 0 Å². The molecule has 0 unspecified atom stereocenters. The van der Waals surface area contributed by atoms with Gasteiger partial charge < -0.3 is 5.11 Å². The first kappa shape index (κ1) is 47.2. The fraction of sp³-hybridized carbons (Fsp3) is 0.481. The van der Waals surface area contributed by atoms with Crippen LogP contribution >= 0.6 is 11.3 Å². The maximum absolute atomic E-state index is 12.2. The van der Waals surface area contributed by atoms with Gasteiger partial charge in [-0.2, -0.15) is 0 Å². The van der Waals surface area contributed by atoms with Gasteiger partial charge in [-0.1, -0.05) is 132 Å². The number of allylic oxidation sites excluding steroid dienone is 4. The minimum Gasteiger partial charge on any atom is -0.512 e. The monoisotopic (exact) mass is 976 g/mol. The average Bonchev–Trinajstić information content (AvgIpc) is 3.61. The van der Waals surface area contributed by atoms with Crippen LogP contribution in [0.15, 0.2) is 66.6 Å². The topological polar surface area (TPSA) is 63.1 Å². The van der Waals surface area contributed by atoms with Crippen molar-refractivity contribution in [3.05, 3.63) is 99.9 Å². The molecule has 4 nitrogen and oxygen atoms in total. The SMILES string of the molecule is CC1=CC(C)(C)c2nc(-c3[c-]c4ncccc4c(C(C)(C)C)c3)cc(-c3ccc4c(C)c(CC(C)C)sc4c3)c21.CCC(C)(CC)C(=O)/C=C(\O)C(C)(CC)CC.[Ir]. The Kier molecular flexibility index (Phi) is 14.7. The van der Waals surface area contributed by atoms with E-state index in [1.165, 1.54) is 54.4 Å². The first-order chi connectivity index (χ1) is 26.6. The van der Waals surface area contributed by atoms with E-state index in [0.29, 0.717) is 5.92 Å². The Balaban J connectivity index is 0.000000353. The fourth-order valence-corrected chi connectivity index (χ4v) is 9.48. The van der Waals surface area contributed by atoms with Crippen molar-refractivity contribution in [2.24, 2.45) is 16.7 Å². The van der Waals surface area contributed by atoms with Gasteiger partial charge in [-0.15, -0.1) is 34.6 Å². The number of nitrogens with zero attached hydrogens (tertiary/aromatic N) is 2. The van der Waals surface area contributed by atoms with Crippen molar-refractivity contribution in [3.8, 4) is 22.4 Å². The molecule has 1 aliphatic rings. The molecule has 0 aliphatic heterocycles. The number of aromatic nitrogens is 2. The summed E-state index contributed by atoms with van der Waals surface area (Å²) in [5.41, 5.74) is 11.0. The zero-order chi connectivity index (χ0) is 42.2. The van der Waals surface area contributed by atoms with Crippen LogP contribution in [0.5, 0.6) is 0 Å². The minimum absolute atomic E-state index is 0. The summed E-state index contributed by atoms with van der Waals surface area (Å²) in [7, 11) is 0. The van der Waals surface area contributed by atoms with Crippen molar-refractivity contribution < 1.29 is 30.0 Å². The number of carbonyl (C=O) groups is 1. The molecule has 1 N–H and O–H groups in total. The van der Waals surface area contributed by atoms with Crippen LogP contribution < -0.4 is 0 Å². The smallest absolute Gasteiger partial charge is 0.164 e. The van der Waals surface area contributed by atoms with Gasteiger partial charge in [0.05, 0.1) is 0 Å². The van der Waals surface area contributed by atoms with Crippen LogP contribution in [0.25, 0.3) is 48.9 Å². The molecule has 0 saturated heterocycles. The summed E-state index contributed by atoms with van der Waals surface area (Å²) in [6.07, 6.45) is 10.1. The van der Waals surface area contributed by atoms with Gasteiger partial charge in [0.15, 0.2) is 5.78 Å². The third kappa shape index (κ3) is 9.46. The van der Waals surface area contributed by atoms with E-state index >= 15 is 0 Å². The predicted octanol–water partition coefficient (Wildman–Crippen LogP) is 15.1. The molecule has 6 rings (SSSR count). The number of fused-ring (bicyclic) bond motifs is 3. The van der Waals surface area contributed by atoms with Crippen molar-refractivity contribution in [2.75, 3.05) is 0 Å². The quantitative estimate of drug-likeness (QED) is 0.0814. The van der Waals surface area contributed by atoms with Gasteiger partial charge in [0.2, 0.25) is 0 Å². The van der Waals surface area contributed by atoms with E-state index in [-0.39, 0.29) is 53.3 Å². The number of ketones is 1. The van der Waals surface area contributed by atoms with E-state index in [1.54, 1.807) is 0 Å². The van der Waals surface area contributed by atoms with E-state index in [9.17, 15) is 9.90 Å². The van der Waals surface area contributed by atoms with Crippen LogP contribution in [-0.2, 0) is 42.2 Å². The first-order valence-electron chi connectivity index (χ1n) is 21.2. The van der Waals surface area contributed by atoms with Crippen molar-refractivity contribution in [1.82, 2.24) is 9.97 Å². The number of benzene rings is 2. The van der Waals surface area contributed by atoms with Gasteiger partial charge in [0.25, 0.3) is 0 Å². The maximum atomic E-state index is 12.2. The second kappa shape index (κ2) is 18.0. The van der Waals surface area contributed by atoms with Crippen molar-refractivity contribution in [2.45, 2.75) is 147 Å². The van der Waals surface area contributed by atoms with Crippen molar-refractivity contribution in [3.63, 3.8) is 0 Å². The summed E-state index contributed by atoms with van der Waals surface area (Å²) >= 11 is 1.96. The van der Waals surface area contributed by atoms with E-state index < -0.39 is 0 Å². The standard InChI is InChI=1S/C37H39N2S.C15H28O2.Ir/c1-21(2)15-32-23(4)26-13-12-24(18-33(26)40-32)28-19-30(39-35-34(28)22(3)20-37(35,8)9)25-16-29(36(5,6)7)27-11-10-14-38-31(27)17-25;1-7-14(5,8-2)12(16)11-13(17)15(6,9-3)10-4;/h10-14,16,18-21H,15H2,1-9H3;11,16H,7-10H2,1-6H3;/q-1;;/b;12-11-;. The number of pyridine rings is 2. The Labute approximate surface area is 367 Å². The summed E-state index contributed by atoms with van der Waals surface area (Å²) in [4.78, 5) is 23.7. The van der Waals surface area contributed by atoms with Gasteiger partial charge in [-0.05, 0) is 102 Å². The molecule has 313 valence electrons. The summed E-state index contributed by atoms with van der Waals surface area (Å²) in [6.45, 7) is 32.6. The molecule has 3 heterocycles. The molecule has 0 bridgehead atoms. The number of aliphatic hydroxyl groups excluding tert-OH is 1. The van der Waals surface area contributed by atoms with Crippen LogP contribution in [0.3, 0.4) is 0 Å². The number of thiophene rings is 1. The number of hydrogen-bond acceptors (Lipinski definition) is 5. The third-order valence-corrected chi connectivity index (χ3v) is 14.1. The molecule has 0 atom stereocenters. The maximum Gasteiger partial charge on any atom is 0.164 e. The second-order valence-electron chi connectivity index (χ2n) is 19.0. The van der Waals surface area contributed by atoms with Gasteiger partial charge in [-0.3, -0.25) is 14.8 Å². The van der Waals surface area contributed by atoms with E-state index in [0.717, 1.165) is 60.0 Å². The molecule has 2 aromatic carbocycles.